The maximum atomic E-state index is 14.4. The lowest BCUT2D eigenvalue weighted by atomic mass is 9.87. The van der Waals surface area contributed by atoms with Crippen LogP contribution in [-0.2, 0) is 71.5 Å². The third-order valence-electron chi connectivity index (χ3n) is 14.9. The predicted molar refractivity (Wildman–Crippen MR) is 294 cm³/mol. The lowest BCUT2D eigenvalue weighted by Crippen LogP contribution is -2.62. The van der Waals surface area contributed by atoms with Gasteiger partial charge in [0.1, 0.15) is 5.54 Å². The molecule has 0 aliphatic carbocycles. The molecule has 22 heteroatoms. The van der Waals surface area contributed by atoms with Crippen molar-refractivity contribution in [2.24, 2.45) is 17.8 Å². The highest BCUT2D eigenvalue weighted by atomic mass is 16.6. The molecular weight excluding hydrogens is 1020 g/mol. The molecule has 1 aromatic rings. The smallest absolute Gasteiger partial charge is 0.253 e. The van der Waals surface area contributed by atoms with Crippen LogP contribution in [0.25, 0.3) is 0 Å². The highest BCUT2D eigenvalue weighted by Gasteiger charge is 2.44. The van der Waals surface area contributed by atoms with Gasteiger partial charge in [0.15, 0.2) is 0 Å². The molecule has 2 heterocycles. The molecule has 0 aromatic heterocycles. The molecule has 1 aromatic carbocycles. The maximum absolute atomic E-state index is 14.4. The maximum Gasteiger partial charge on any atom is 0.253 e. The van der Waals surface area contributed by atoms with Crippen LogP contribution in [0.15, 0.2) is 42.5 Å². The second kappa shape index (κ2) is 35.9. The molecule has 0 spiro atoms. The van der Waals surface area contributed by atoms with Gasteiger partial charge >= 0.3 is 0 Å². The SMILES string of the molecule is CC[C@H](C)[C@@H]([C@@H](CC(=O)N1CCC[C@H]1[C@H](OC)[C@@H](C)C(=O)N[C@H](C)[C@@H](O)c1ccccc1)OC)N(C)[C@H](C(=O)NC(=O)C(C)(C)N(C)C(=O)CCOCCOCCOCCOCCOCCOCCN1C(=O)C=CC1=O)C(C)C. The quantitative estimate of drug-likeness (QED) is 0.0631. The van der Waals surface area contributed by atoms with E-state index in [1.165, 1.54) is 31.2 Å². The summed E-state index contributed by atoms with van der Waals surface area (Å²) in [4.78, 5) is 98.6. The molecule has 1 fully saturated rings. The van der Waals surface area contributed by atoms with Gasteiger partial charge in [-0.3, -0.25) is 48.7 Å². The lowest BCUT2D eigenvalue weighted by molar-refractivity contribution is -0.149. The zero-order chi connectivity index (χ0) is 58.7. The first-order chi connectivity index (χ1) is 37.6. The zero-order valence-corrected chi connectivity index (χ0v) is 49.1. The Balaban J connectivity index is 1.41. The number of likely N-dealkylation sites (N-methyl/N-ethyl adjacent to an activating group) is 2. The molecule has 22 nitrogen and oxygen atoms in total. The van der Waals surface area contributed by atoms with E-state index in [1.807, 2.05) is 57.8 Å². The number of imide groups is 2. The molecule has 2 aliphatic heterocycles. The van der Waals surface area contributed by atoms with Crippen molar-refractivity contribution in [1.29, 1.82) is 0 Å². The van der Waals surface area contributed by atoms with Gasteiger partial charge < -0.3 is 58.1 Å². The van der Waals surface area contributed by atoms with Gasteiger partial charge in [0, 0.05) is 46.0 Å². The van der Waals surface area contributed by atoms with Crippen LogP contribution < -0.4 is 10.6 Å². The summed E-state index contributed by atoms with van der Waals surface area (Å²) in [5, 5.41) is 16.5. The fourth-order valence-corrected chi connectivity index (χ4v) is 9.85. The summed E-state index contributed by atoms with van der Waals surface area (Å²) < 4.78 is 45.1. The van der Waals surface area contributed by atoms with E-state index in [0.717, 1.165) is 11.3 Å². The fraction of sp³-hybridized carbons (Fsp3) is 0.737. The number of aliphatic hydroxyl groups is 1. The monoisotopic (exact) mass is 1120 g/mol. The van der Waals surface area contributed by atoms with Gasteiger partial charge in [0.25, 0.3) is 17.7 Å². The molecule has 79 heavy (non-hydrogen) atoms. The second-order valence-corrected chi connectivity index (χ2v) is 21.1. The molecule has 3 N–H and O–H groups in total. The van der Waals surface area contributed by atoms with Crippen molar-refractivity contribution in [3.63, 3.8) is 0 Å². The molecule has 0 unspecified atom stereocenters. The topological polar surface area (TPSA) is 251 Å². The minimum Gasteiger partial charge on any atom is -0.386 e. The lowest BCUT2D eigenvalue weighted by Gasteiger charge is -2.43. The molecule has 448 valence electrons. The van der Waals surface area contributed by atoms with Gasteiger partial charge in [-0.05, 0) is 58.1 Å². The molecule has 0 saturated carbocycles. The van der Waals surface area contributed by atoms with Gasteiger partial charge in [-0.25, -0.2) is 0 Å². The van der Waals surface area contributed by atoms with E-state index in [1.54, 1.807) is 51.8 Å². The molecule has 2 aliphatic rings. The zero-order valence-electron chi connectivity index (χ0n) is 49.1. The fourth-order valence-electron chi connectivity index (χ4n) is 9.85. The number of benzene rings is 1. The van der Waals surface area contributed by atoms with Crippen LogP contribution in [0.2, 0.25) is 0 Å². The number of carbonyl (C=O) groups is 7. The highest BCUT2D eigenvalue weighted by molar-refractivity contribution is 6.12. The van der Waals surface area contributed by atoms with Crippen molar-refractivity contribution in [2.45, 2.75) is 136 Å². The van der Waals surface area contributed by atoms with Crippen molar-refractivity contribution in [2.75, 3.05) is 121 Å². The summed E-state index contributed by atoms with van der Waals surface area (Å²) in [6, 6.07) is 6.90. The van der Waals surface area contributed by atoms with Crippen molar-refractivity contribution in [1.82, 2.24) is 30.2 Å². The van der Waals surface area contributed by atoms with Gasteiger partial charge in [-0.15, -0.1) is 0 Å². The number of hydrogen-bond acceptors (Lipinski definition) is 17. The van der Waals surface area contributed by atoms with Crippen molar-refractivity contribution in [3.8, 4) is 0 Å². The number of nitrogens with one attached hydrogen (secondary N) is 2. The predicted octanol–water partition coefficient (Wildman–Crippen LogP) is 2.94. The van der Waals surface area contributed by atoms with E-state index in [0.29, 0.717) is 77.8 Å². The highest BCUT2D eigenvalue weighted by Crippen LogP contribution is 2.31. The number of rotatable bonds is 40. The largest absolute Gasteiger partial charge is 0.386 e. The number of hydrogen-bond donors (Lipinski definition) is 3. The standard InChI is InChI=1S/C57H94N6O16/c1-13-40(4)51(45(72-11)38-49(67)62-24-17-20-44(62)53(73-12)41(5)54(69)58-42(6)52(68)43-18-15-14-16-19-43)60(9)50(39(2)3)55(70)59-56(71)57(7,8)61(10)46(64)23-26-74-28-30-76-32-34-78-36-37-79-35-33-77-31-29-75-27-25-63-47(65)21-22-48(63)66/h14-16,18-19,21-22,39-42,44-45,50-53,68H,13,17,20,23-38H2,1-12H3,(H,58,69)(H,59,70,71)/t40-,41+,42+,44-,45+,50-,51-,52+,53+/m0/s1. The van der Waals surface area contributed by atoms with E-state index >= 15 is 0 Å². The Morgan fingerprint density at radius 2 is 1.27 bits per heavy atom. The van der Waals surface area contributed by atoms with Crippen LogP contribution in [0.3, 0.4) is 0 Å². The first-order valence-electron chi connectivity index (χ1n) is 27.9. The van der Waals surface area contributed by atoms with Gasteiger partial charge in [-0.2, -0.15) is 0 Å². The third kappa shape index (κ3) is 21.6. The number of methoxy groups -OCH3 is 2. The number of amides is 7. The number of carbonyl (C=O) groups excluding carboxylic acids is 7. The molecule has 9 atom stereocenters. The number of ether oxygens (including phenoxy) is 8. The van der Waals surface area contributed by atoms with Crippen LogP contribution in [0.1, 0.15) is 99.2 Å². The third-order valence-corrected chi connectivity index (χ3v) is 14.9. The Bertz CT molecular complexity index is 2040. The van der Waals surface area contributed by atoms with Crippen molar-refractivity contribution in [3.05, 3.63) is 48.0 Å². The first kappa shape index (κ1) is 68.5. The number of nitrogens with zero attached hydrogens (tertiary/aromatic N) is 4. The average molecular weight is 1120 g/mol. The number of aliphatic hydroxyl groups excluding tert-OH is 1. The van der Waals surface area contributed by atoms with E-state index in [9.17, 15) is 38.7 Å². The summed E-state index contributed by atoms with van der Waals surface area (Å²) in [6.07, 6.45) is 2.34. The molecule has 0 radical (unpaired) electrons. The minimum atomic E-state index is -1.41. The van der Waals surface area contributed by atoms with E-state index < -0.39 is 59.7 Å². The molecule has 7 amide bonds. The van der Waals surface area contributed by atoms with Crippen LogP contribution in [0, 0.1) is 17.8 Å². The summed E-state index contributed by atoms with van der Waals surface area (Å²) >= 11 is 0. The summed E-state index contributed by atoms with van der Waals surface area (Å²) in [6.45, 7) is 19.0. The normalized spacial score (nSPS) is 17.9. The second-order valence-electron chi connectivity index (χ2n) is 21.1. The first-order valence-corrected chi connectivity index (χ1v) is 27.9. The van der Waals surface area contributed by atoms with Crippen molar-refractivity contribution >= 4 is 41.4 Å². The Labute approximate surface area is 468 Å². The van der Waals surface area contributed by atoms with Crippen LogP contribution in [0.4, 0.5) is 0 Å². The average Bonchev–Trinajstić information content (AvgIpc) is 4.06. The van der Waals surface area contributed by atoms with E-state index in [2.05, 4.69) is 10.6 Å². The molecule has 0 bridgehead atoms. The molecule has 3 rings (SSSR count). The van der Waals surface area contributed by atoms with Crippen LogP contribution in [-0.4, -0.2) is 229 Å². The summed E-state index contributed by atoms with van der Waals surface area (Å²) in [7, 11) is 6.41. The molecular formula is C57H94N6O16. The van der Waals surface area contributed by atoms with Crippen LogP contribution >= 0.6 is 0 Å². The minimum absolute atomic E-state index is 0.00438. The Kier molecular flexibility index (Phi) is 31.1. The Morgan fingerprint density at radius 1 is 0.747 bits per heavy atom. The summed E-state index contributed by atoms with van der Waals surface area (Å²) in [5.41, 5.74) is -0.720. The van der Waals surface area contributed by atoms with Crippen LogP contribution in [0.5, 0.6) is 0 Å². The summed E-state index contributed by atoms with van der Waals surface area (Å²) in [5.74, 6) is -3.66. The van der Waals surface area contributed by atoms with Gasteiger partial charge in [0.05, 0.1) is 141 Å². The number of likely N-dealkylation sites (tertiary alicyclic amines) is 1. The van der Waals surface area contributed by atoms with E-state index in [4.69, 9.17) is 37.9 Å². The Morgan fingerprint density at radius 3 is 1.76 bits per heavy atom. The van der Waals surface area contributed by atoms with Gasteiger partial charge in [0.2, 0.25) is 23.6 Å². The molecule has 1 saturated heterocycles. The van der Waals surface area contributed by atoms with Crippen molar-refractivity contribution < 1.29 is 76.6 Å². The van der Waals surface area contributed by atoms with Gasteiger partial charge in [-0.1, -0.05) is 71.4 Å². The van der Waals surface area contributed by atoms with E-state index in [-0.39, 0.29) is 93.2 Å². The Hall–Kier alpha value is -4.75.